The van der Waals surface area contributed by atoms with E-state index in [1.165, 1.54) is 6.92 Å². The van der Waals surface area contributed by atoms with Crippen molar-refractivity contribution in [1.82, 2.24) is 4.57 Å². The number of amides is 1. The molecule has 0 bridgehead atoms. The zero-order chi connectivity index (χ0) is 19.9. The second-order valence-electron chi connectivity index (χ2n) is 6.53. The number of hydrogen-bond acceptors (Lipinski definition) is 3. The highest BCUT2D eigenvalue weighted by Crippen LogP contribution is 2.26. The number of carbonyl (C=O) groups is 1. The van der Waals surface area contributed by atoms with E-state index in [1.54, 1.807) is 6.20 Å². The third kappa shape index (κ3) is 4.68. The van der Waals surface area contributed by atoms with Gasteiger partial charge in [0, 0.05) is 48.9 Å². The van der Waals surface area contributed by atoms with E-state index in [9.17, 15) is 10.1 Å². The fraction of sp³-hybridized carbons (Fsp3) is 0.130. The molecule has 0 aliphatic carbocycles. The Balaban J connectivity index is 1.92. The van der Waals surface area contributed by atoms with Gasteiger partial charge in [0.25, 0.3) is 0 Å². The number of para-hydroxylation sites is 1. The lowest BCUT2D eigenvalue weighted by molar-refractivity contribution is -0.114. The van der Waals surface area contributed by atoms with Gasteiger partial charge < -0.3 is 15.2 Å². The van der Waals surface area contributed by atoms with E-state index in [2.05, 4.69) is 16.7 Å². The molecule has 0 saturated heterocycles. The maximum absolute atomic E-state index is 11.6. The highest BCUT2D eigenvalue weighted by Gasteiger charge is 2.11. The average molecular weight is 370 g/mol. The van der Waals surface area contributed by atoms with Crippen molar-refractivity contribution in [3.8, 4) is 11.8 Å². The van der Waals surface area contributed by atoms with Crippen LogP contribution in [0.5, 0.6) is 0 Å². The molecular formula is C23H22N4O. The minimum atomic E-state index is -0.125. The van der Waals surface area contributed by atoms with Crippen molar-refractivity contribution in [2.24, 2.45) is 0 Å². The Morgan fingerprint density at radius 2 is 1.86 bits per heavy atom. The van der Waals surface area contributed by atoms with Crippen LogP contribution in [0, 0.1) is 18.3 Å². The molecular weight excluding hydrogens is 348 g/mol. The summed E-state index contributed by atoms with van der Waals surface area (Å²) in [5.41, 5.74) is 5.16. The Labute approximate surface area is 164 Å². The van der Waals surface area contributed by atoms with Crippen molar-refractivity contribution >= 4 is 17.3 Å². The van der Waals surface area contributed by atoms with Crippen molar-refractivity contribution < 1.29 is 4.79 Å². The van der Waals surface area contributed by atoms with Crippen LogP contribution in [0.1, 0.15) is 18.1 Å². The van der Waals surface area contributed by atoms with E-state index in [0.717, 1.165) is 28.2 Å². The summed E-state index contributed by atoms with van der Waals surface area (Å²) in [7, 11) is 0. The molecule has 1 amide bonds. The van der Waals surface area contributed by atoms with Crippen molar-refractivity contribution in [3.63, 3.8) is 0 Å². The summed E-state index contributed by atoms with van der Waals surface area (Å²) in [5, 5.41) is 15.6. The molecule has 0 fully saturated rings. The highest BCUT2D eigenvalue weighted by molar-refractivity contribution is 5.90. The largest absolute Gasteiger partial charge is 0.361 e. The summed E-state index contributed by atoms with van der Waals surface area (Å²) in [6.45, 7) is 3.47. The molecule has 0 atom stereocenters. The topological polar surface area (TPSA) is 69.8 Å². The molecule has 0 aliphatic rings. The number of anilines is 2. The molecule has 28 heavy (non-hydrogen) atoms. The molecule has 0 radical (unpaired) electrons. The number of hydrogen-bond donors (Lipinski definition) is 2. The maximum atomic E-state index is 11.6. The van der Waals surface area contributed by atoms with E-state index < -0.39 is 0 Å². The van der Waals surface area contributed by atoms with E-state index in [4.69, 9.17) is 0 Å². The third-order valence-corrected chi connectivity index (χ3v) is 4.36. The van der Waals surface area contributed by atoms with Gasteiger partial charge in [-0.1, -0.05) is 18.2 Å². The normalized spacial score (nSPS) is 11.0. The predicted octanol–water partition coefficient (Wildman–Crippen LogP) is 4.81. The number of allylic oxidation sites excluding steroid dienone is 1. The molecule has 1 aromatic heterocycles. The van der Waals surface area contributed by atoms with Gasteiger partial charge in [0.2, 0.25) is 5.91 Å². The van der Waals surface area contributed by atoms with Gasteiger partial charge in [0.05, 0.1) is 11.8 Å². The van der Waals surface area contributed by atoms with Gasteiger partial charge in [0.15, 0.2) is 0 Å². The van der Waals surface area contributed by atoms with Crippen LogP contribution in [-0.2, 0) is 11.2 Å². The molecule has 3 aromatic rings. The van der Waals surface area contributed by atoms with Crippen LogP contribution in [0.15, 0.2) is 78.8 Å². The lowest BCUT2D eigenvalue weighted by Crippen LogP contribution is -2.10. The van der Waals surface area contributed by atoms with Crippen LogP contribution in [0.4, 0.5) is 11.4 Å². The van der Waals surface area contributed by atoms with Crippen molar-refractivity contribution in [2.75, 3.05) is 10.6 Å². The Hall–Kier alpha value is -3.78. The summed E-state index contributed by atoms with van der Waals surface area (Å²) in [5.74, 6) is -0.125. The van der Waals surface area contributed by atoms with E-state index in [1.807, 2.05) is 78.5 Å². The lowest BCUT2D eigenvalue weighted by Gasteiger charge is -2.16. The number of aromatic nitrogens is 1. The first-order valence-electron chi connectivity index (χ1n) is 9.02. The molecule has 1 heterocycles. The van der Waals surface area contributed by atoms with Crippen LogP contribution in [-0.4, -0.2) is 10.5 Å². The van der Waals surface area contributed by atoms with Crippen LogP contribution >= 0.6 is 0 Å². The molecule has 5 nitrogen and oxygen atoms in total. The Morgan fingerprint density at radius 1 is 1.14 bits per heavy atom. The second kappa shape index (κ2) is 8.74. The van der Waals surface area contributed by atoms with Crippen LogP contribution < -0.4 is 10.6 Å². The summed E-state index contributed by atoms with van der Waals surface area (Å²) >= 11 is 0. The summed E-state index contributed by atoms with van der Waals surface area (Å²) in [6.07, 6.45) is 6.10. The van der Waals surface area contributed by atoms with Gasteiger partial charge in [-0.25, -0.2) is 0 Å². The van der Waals surface area contributed by atoms with Gasteiger partial charge in [-0.05, 0) is 54.4 Å². The molecule has 0 spiro atoms. The van der Waals surface area contributed by atoms with Crippen molar-refractivity contribution in [2.45, 2.75) is 20.3 Å². The molecule has 0 aliphatic heterocycles. The second-order valence-corrected chi connectivity index (χ2v) is 6.53. The maximum Gasteiger partial charge on any atom is 0.221 e. The fourth-order valence-corrected chi connectivity index (χ4v) is 2.99. The fourth-order valence-electron chi connectivity index (χ4n) is 2.99. The van der Waals surface area contributed by atoms with E-state index >= 15 is 0 Å². The minimum absolute atomic E-state index is 0.125. The number of nitriles is 1. The monoisotopic (exact) mass is 370 g/mol. The quantitative estimate of drug-likeness (QED) is 0.612. The van der Waals surface area contributed by atoms with Crippen molar-refractivity contribution in [1.29, 1.82) is 5.26 Å². The smallest absolute Gasteiger partial charge is 0.221 e. The Bertz CT molecular complexity index is 1030. The molecule has 140 valence electrons. The molecule has 2 N–H and O–H groups in total. The van der Waals surface area contributed by atoms with Gasteiger partial charge in [0.1, 0.15) is 0 Å². The average Bonchev–Trinajstić information content (AvgIpc) is 3.22. The predicted molar refractivity (Wildman–Crippen MR) is 112 cm³/mol. The molecule has 5 heteroatoms. The van der Waals surface area contributed by atoms with E-state index in [-0.39, 0.29) is 5.91 Å². The van der Waals surface area contributed by atoms with Gasteiger partial charge in [-0.2, -0.15) is 5.26 Å². The highest BCUT2D eigenvalue weighted by atomic mass is 16.1. The Morgan fingerprint density at radius 3 is 2.50 bits per heavy atom. The number of rotatable bonds is 6. The number of nitrogens with one attached hydrogen (secondary N) is 2. The first kappa shape index (κ1) is 19.0. The number of benzene rings is 2. The van der Waals surface area contributed by atoms with Gasteiger partial charge in [-0.15, -0.1) is 0 Å². The minimum Gasteiger partial charge on any atom is -0.361 e. The van der Waals surface area contributed by atoms with E-state index in [0.29, 0.717) is 12.0 Å². The summed E-state index contributed by atoms with van der Waals surface area (Å²) in [4.78, 5) is 11.6. The Kier molecular flexibility index (Phi) is 5.93. The first-order chi connectivity index (χ1) is 13.6. The van der Waals surface area contributed by atoms with Crippen LogP contribution in [0.2, 0.25) is 0 Å². The standard InChI is InChI=1S/C23H22N4O/c1-17-22(26-18(2)28)13-19(14-23(17)27-10-6-7-11-27)12-20(15-24)16-25-21-8-4-3-5-9-21/h3-11,13-14,16,25H,12H2,1-2H3,(H,26,28). The third-order valence-electron chi connectivity index (χ3n) is 4.36. The first-order valence-corrected chi connectivity index (χ1v) is 9.02. The summed E-state index contributed by atoms with van der Waals surface area (Å²) < 4.78 is 2.00. The SMILES string of the molecule is CC(=O)Nc1cc(CC(C#N)=CNc2ccccc2)cc(-n2cccc2)c1C. The van der Waals surface area contributed by atoms with Gasteiger partial charge >= 0.3 is 0 Å². The van der Waals surface area contributed by atoms with Crippen LogP contribution in [0.25, 0.3) is 5.69 Å². The summed E-state index contributed by atoms with van der Waals surface area (Å²) in [6, 6.07) is 19.8. The molecule has 0 saturated carbocycles. The number of nitrogens with zero attached hydrogens (tertiary/aromatic N) is 2. The zero-order valence-electron chi connectivity index (χ0n) is 15.9. The molecule has 0 unspecified atom stereocenters. The van der Waals surface area contributed by atoms with Gasteiger partial charge in [-0.3, -0.25) is 4.79 Å². The van der Waals surface area contributed by atoms with Crippen molar-refractivity contribution in [3.05, 3.63) is 89.9 Å². The zero-order valence-corrected chi connectivity index (χ0v) is 15.9. The molecule has 3 rings (SSSR count). The van der Waals surface area contributed by atoms with Crippen LogP contribution in [0.3, 0.4) is 0 Å². The number of carbonyl (C=O) groups excluding carboxylic acids is 1. The molecule has 2 aromatic carbocycles. The lowest BCUT2D eigenvalue weighted by atomic mass is 10.0.